The van der Waals surface area contributed by atoms with Crippen LogP contribution in [0.5, 0.6) is 0 Å². The molecule has 2 aromatic rings. The van der Waals surface area contributed by atoms with Crippen LogP contribution in [0.15, 0.2) is 48.5 Å². The van der Waals surface area contributed by atoms with Crippen LogP contribution in [-0.2, 0) is 16.6 Å². The van der Waals surface area contributed by atoms with Gasteiger partial charge in [0.15, 0.2) is 0 Å². The molecule has 0 atom stereocenters. The highest BCUT2D eigenvalue weighted by atomic mass is 32.2. The fraction of sp³-hybridized carbons (Fsp3) is 0.263. The molecule has 1 aliphatic rings. The molecule has 0 spiro atoms. The molecule has 8 heteroatoms. The minimum absolute atomic E-state index is 0.130. The normalized spacial score (nSPS) is 15.4. The van der Waals surface area contributed by atoms with Crippen LogP contribution < -0.4 is 14.9 Å². The van der Waals surface area contributed by atoms with Crippen LogP contribution in [0.4, 0.5) is 5.69 Å². The Bertz CT molecular complexity index is 972. The molecule has 0 aromatic heterocycles. The maximum absolute atomic E-state index is 12.5. The number of carbonyl (C=O) groups is 2. The first-order chi connectivity index (χ1) is 12.9. The Morgan fingerprint density at radius 1 is 1.04 bits per heavy atom. The first-order valence-corrected chi connectivity index (χ1v) is 10.2. The fourth-order valence-electron chi connectivity index (χ4n) is 2.98. The van der Waals surface area contributed by atoms with Gasteiger partial charge in [0.05, 0.1) is 11.4 Å². The highest BCUT2D eigenvalue weighted by Crippen LogP contribution is 2.24. The summed E-state index contributed by atoms with van der Waals surface area (Å²) in [7, 11) is -1.73. The molecule has 0 aliphatic carbocycles. The van der Waals surface area contributed by atoms with Gasteiger partial charge >= 0.3 is 0 Å². The molecule has 1 fully saturated rings. The second-order valence-corrected chi connectivity index (χ2v) is 8.27. The van der Waals surface area contributed by atoms with Gasteiger partial charge in [0.1, 0.15) is 0 Å². The van der Waals surface area contributed by atoms with Crippen LogP contribution in [0, 0.1) is 0 Å². The van der Waals surface area contributed by atoms with Crippen LogP contribution in [0.1, 0.15) is 32.7 Å². The molecule has 0 saturated carbocycles. The van der Waals surface area contributed by atoms with Crippen LogP contribution in [0.2, 0.25) is 0 Å². The lowest BCUT2D eigenvalue weighted by atomic mass is 10.1. The molecule has 2 N–H and O–H groups in total. The van der Waals surface area contributed by atoms with E-state index >= 15 is 0 Å². The van der Waals surface area contributed by atoms with E-state index in [4.69, 9.17) is 0 Å². The third-order valence-electron chi connectivity index (χ3n) is 4.36. The largest absolute Gasteiger partial charge is 0.355 e. The van der Waals surface area contributed by atoms with E-state index in [1.165, 1.54) is 4.31 Å². The topological polar surface area (TPSA) is 95.6 Å². The molecule has 2 aromatic carbocycles. The van der Waals surface area contributed by atoms with Gasteiger partial charge in [-0.05, 0) is 42.3 Å². The first kappa shape index (κ1) is 18.9. The summed E-state index contributed by atoms with van der Waals surface area (Å²) in [5.41, 5.74) is 2.20. The van der Waals surface area contributed by atoms with E-state index in [2.05, 4.69) is 10.6 Å². The van der Waals surface area contributed by atoms with Crippen molar-refractivity contribution in [2.45, 2.75) is 13.0 Å². The first-order valence-electron chi connectivity index (χ1n) is 8.60. The summed E-state index contributed by atoms with van der Waals surface area (Å²) >= 11 is 0. The zero-order chi connectivity index (χ0) is 19.4. The Morgan fingerprint density at radius 2 is 1.74 bits per heavy atom. The van der Waals surface area contributed by atoms with Crippen molar-refractivity contribution in [3.05, 3.63) is 65.2 Å². The molecular weight excluding hydrogens is 366 g/mol. The third kappa shape index (κ3) is 4.28. The molecule has 1 aliphatic heterocycles. The van der Waals surface area contributed by atoms with E-state index in [9.17, 15) is 18.0 Å². The van der Waals surface area contributed by atoms with Crippen LogP contribution in [0.3, 0.4) is 0 Å². The zero-order valence-electron chi connectivity index (χ0n) is 14.9. The number of nitrogens with zero attached hydrogens (tertiary/aromatic N) is 1. The van der Waals surface area contributed by atoms with Gasteiger partial charge in [-0.15, -0.1) is 0 Å². The Labute approximate surface area is 158 Å². The molecule has 0 bridgehead atoms. The summed E-state index contributed by atoms with van der Waals surface area (Å²) in [6.07, 6.45) is 0.584. The molecule has 27 heavy (non-hydrogen) atoms. The summed E-state index contributed by atoms with van der Waals surface area (Å²) in [4.78, 5) is 24.2. The molecule has 2 amide bonds. The van der Waals surface area contributed by atoms with Gasteiger partial charge in [-0.25, -0.2) is 8.42 Å². The Kier molecular flexibility index (Phi) is 5.46. The van der Waals surface area contributed by atoms with Crippen molar-refractivity contribution in [2.75, 3.05) is 23.7 Å². The predicted octanol–water partition coefficient (Wildman–Crippen LogP) is 1.52. The summed E-state index contributed by atoms with van der Waals surface area (Å²) in [5.74, 6) is -0.369. The summed E-state index contributed by atoms with van der Waals surface area (Å²) in [6, 6.07) is 13.6. The van der Waals surface area contributed by atoms with E-state index in [-0.39, 0.29) is 24.1 Å². The van der Waals surface area contributed by atoms with Gasteiger partial charge in [-0.3, -0.25) is 13.9 Å². The number of nitrogens with one attached hydrogen (secondary N) is 2. The van der Waals surface area contributed by atoms with Crippen molar-refractivity contribution in [2.24, 2.45) is 0 Å². The number of hydrogen-bond donors (Lipinski definition) is 2. The molecule has 0 radical (unpaired) electrons. The van der Waals surface area contributed by atoms with E-state index < -0.39 is 10.0 Å². The zero-order valence-corrected chi connectivity index (χ0v) is 15.8. The SMILES string of the molecule is CNC(=O)c1cccc(CNC(=O)c2cccc(N3CCCS3(=O)=O)c2)c1. The number of sulfonamides is 1. The van der Waals surface area contributed by atoms with E-state index in [1.54, 1.807) is 49.5 Å². The van der Waals surface area contributed by atoms with Gasteiger partial charge in [-0.2, -0.15) is 0 Å². The number of rotatable bonds is 5. The average molecular weight is 387 g/mol. The summed E-state index contributed by atoms with van der Waals surface area (Å²) in [5, 5.41) is 5.36. The quantitative estimate of drug-likeness (QED) is 0.813. The average Bonchev–Trinajstić information content (AvgIpc) is 3.04. The minimum atomic E-state index is -3.29. The highest BCUT2D eigenvalue weighted by Gasteiger charge is 2.28. The highest BCUT2D eigenvalue weighted by molar-refractivity contribution is 7.93. The van der Waals surface area contributed by atoms with Crippen LogP contribution in [0.25, 0.3) is 0 Å². The standard InChI is InChI=1S/C19H21N3O4S/c1-20-18(23)15-6-2-5-14(11-15)13-21-19(24)16-7-3-8-17(12-16)22-9-4-10-27(22,25)26/h2-3,5-8,11-12H,4,9-10,13H2,1H3,(H,20,23)(H,21,24). The lowest BCUT2D eigenvalue weighted by Crippen LogP contribution is -2.26. The molecule has 142 valence electrons. The molecule has 1 saturated heterocycles. The van der Waals surface area contributed by atoms with Crippen molar-refractivity contribution in [3.8, 4) is 0 Å². The van der Waals surface area contributed by atoms with Crippen molar-refractivity contribution >= 4 is 27.5 Å². The molecular formula is C19H21N3O4S. The van der Waals surface area contributed by atoms with Crippen molar-refractivity contribution < 1.29 is 18.0 Å². The lowest BCUT2D eigenvalue weighted by molar-refractivity contribution is 0.0948. The molecule has 3 rings (SSSR count). The minimum Gasteiger partial charge on any atom is -0.355 e. The molecule has 1 heterocycles. The number of hydrogen-bond acceptors (Lipinski definition) is 4. The second kappa shape index (κ2) is 7.79. The van der Waals surface area contributed by atoms with E-state index in [1.807, 2.05) is 6.07 Å². The summed E-state index contributed by atoms with van der Waals surface area (Å²) in [6.45, 7) is 0.690. The smallest absolute Gasteiger partial charge is 0.251 e. The van der Waals surface area contributed by atoms with Gasteiger partial charge in [0.25, 0.3) is 11.8 Å². The third-order valence-corrected chi connectivity index (χ3v) is 6.23. The number of benzene rings is 2. The maximum Gasteiger partial charge on any atom is 0.251 e. The lowest BCUT2D eigenvalue weighted by Gasteiger charge is -2.17. The fourth-order valence-corrected chi connectivity index (χ4v) is 4.54. The van der Waals surface area contributed by atoms with E-state index in [0.29, 0.717) is 29.8 Å². The Morgan fingerprint density at radius 3 is 2.41 bits per heavy atom. The number of carbonyl (C=O) groups excluding carboxylic acids is 2. The molecule has 7 nitrogen and oxygen atoms in total. The molecule has 0 unspecified atom stereocenters. The van der Waals surface area contributed by atoms with Crippen molar-refractivity contribution in [1.82, 2.24) is 10.6 Å². The number of anilines is 1. The van der Waals surface area contributed by atoms with Gasteiger partial charge < -0.3 is 10.6 Å². The van der Waals surface area contributed by atoms with E-state index in [0.717, 1.165) is 5.56 Å². The Balaban J connectivity index is 1.70. The van der Waals surface area contributed by atoms with Crippen LogP contribution >= 0.6 is 0 Å². The van der Waals surface area contributed by atoms with Crippen molar-refractivity contribution in [3.63, 3.8) is 0 Å². The second-order valence-electron chi connectivity index (χ2n) is 6.25. The predicted molar refractivity (Wildman–Crippen MR) is 103 cm³/mol. The monoisotopic (exact) mass is 387 g/mol. The maximum atomic E-state index is 12.5. The summed E-state index contributed by atoms with van der Waals surface area (Å²) < 4.78 is 25.5. The Hall–Kier alpha value is -2.87. The van der Waals surface area contributed by atoms with Crippen molar-refractivity contribution in [1.29, 1.82) is 0 Å². The van der Waals surface area contributed by atoms with Crippen LogP contribution in [-0.4, -0.2) is 39.6 Å². The number of amides is 2. The van der Waals surface area contributed by atoms with Gasteiger partial charge in [-0.1, -0.05) is 18.2 Å². The van der Waals surface area contributed by atoms with Gasteiger partial charge in [0.2, 0.25) is 10.0 Å². The van der Waals surface area contributed by atoms with Gasteiger partial charge in [0, 0.05) is 31.3 Å².